The standard InChI is InChI=1S/C19H17NO4/c1-13-6-5-9-15-17(13)20(18(22)19(15)23-10-11-24-19)12-16(21)14-7-3-2-4-8-14/h2-9H,10-12H2,1H3. The van der Waals surface area contributed by atoms with Crippen molar-refractivity contribution in [1.29, 1.82) is 0 Å². The highest BCUT2D eigenvalue weighted by molar-refractivity contribution is 6.12. The second-order valence-electron chi connectivity index (χ2n) is 5.97. The van der Waals surface area contributed by atoms with Gasteiger partial charge >= 0.3 is 0 Å². The largest absolute Gasteiger partial charge is 0.336 e. The van der Waals surface area contributed by atoms with Crippen LogP contribution in [0.3, 0.4) is 0 Å². The zero-order chi connectivity index (χ0) is 16.7. The number of aryl methyl sites for hydroxylation is 1. The Morgan fingerprint density at radius 2 is 1.79 bits per heavy atom. The van der Waals surface area contributed by atoms with Crippen molar-refractivity contribution in [3.8, 4) is 0 Å². The number of carbonyl (C=O) groups excluding carboxylic acids is 2. The van der Waals surface area contributed by atoms with Crippen molar-refractivity contribution in [2.24, 2.45) is 0 Å². The van der Waals surface area contributed by atoms with Crippen molar-refractivity contribution in [1.82, 2.24) is 0 Å². The molecule has 0 aromatic heterocycles. The van der Waals surface area contributed by atoms with Gasteiger partial charge in [-0.15, -0.1) is 0 Å². The van der Waals surface area contributed by atoms with Gasteiger partial charge in [0.05, 0.1) is 25.4 Å². The van der Waals surface area contributed by atoms with E-state index in [4.69, 9.17) is 9.47 Å². The van der Waals surface area contributed by atoms with Gasteiger partial charge in [0.2, 0.25) is 0 Å². The summed E-state index contributed by atoms with van der Waals surface area (Å²) in [6.07, 6.45) is 0. The lowest BCUT2D eigenvalue weighted by Gasteiger charge is -2.21. The van der Waals surface area contributed by atoms with Crippen LogP contribution in [0.5, 0.6) is 0 Å². The van der Waals surface area contributed by atoms with Crippen LogP contribution in [-0.2, 0) is 20.1 Å². The number of carbonyl (C=O) groups is 2. The van der Waals surface area contributed by atoms with E-state index in [9.17, 15) is 9.59 Å². The first-order valence-electron chi connectivity index (χ1n) is 7.92. The Hall–Kier alpha value is -2.50. The van der Waals surface area contributed by atoms with Gasteiger partial charge < -0.3 is 9.47 Å². The molecule has 1 fully saturated rings. The summed E-state index contributed by atoms with van der Waals surface area (Å²) in [4.78, 5) is 27.1. The van der Waals surface area contributed by atoms with Gasteiger partial charge in [-0.05, 0) is 12.5 Å². The van der Waals surface area contributed by atoms with Gasteiger partial charge in [-0.3, -0.25) is 14.5 Å². The number of para-hydroxylation sites is 1. The molecule has 0 radical (unpaired) electrons. The van der Waals surface area contributed by atoms with E-state index in [0.29, 0.717) is 30.0 Å². The molecule has 5 heteroatoms. The van der Waals surface area contributed by atoms with Crippen molar-refractivity contribution in [3.63, 3.8) is 0 Å². The molecule has 0 saturated carbocycles. The lowest BCUT2D eigenvalue weighted by molar-refractivity contribution is -0.180. The summed E-state index contributed by atoms with van der Waals surface area (Å²) in [6, 6.07) is 14.6. The van der Waals surface area contributed by atoms with Crippen LogP contribution < -0.4 is 4.90 Å². The van der Waals surface area contributed by atoms with Gasteiger partial charge in [-0.1, -0.05) is 48.5 Å². The van der Waals surface area contributed by atoms with Gasteiger partial charge in [-0.25, -0.2) is 0 Å². The number of fused-ring (bicyclic) bond motifs is 2. The van der Waals surface area contributed by atoms with Gasteiger partial charge in [-0.2, -0.15) is 0 Å². The summed E-state index contributed by atoms with van der Waals surface area (Å²) in [7, 11) is 0. The quantitative estimate of drug-likeness (QED) is 0.814. The Morgan fingerprint density at radius 3 is 2.50 bits per heavy atom. The number of amides is 1. The van der Waals surface area contributed by atoms with Crippen molar-refractivity contribution < 1.29 is 19.1 Å². The molecule has 5 nitrogen and oxygen atoms in total. The number of nitrogens with zero attached hydrogens (tertiary/aromatic N) is 1. The predicted octanol–water partition coefficient (Wildman–Crippen LogP) is 2.42. The van der Waals surface area contributed by atoms with E-state index in [2.05, 4.69) is 0 Å². The SMILES string of the molecule is Cc1cccc2c1N(CC(=O)c1ccccc1)C(=O)C21OCCO1. The Kier molecular flexibility index (Phi) is 3.48. The summed E-state index contributed by atoms with van der Waals surface area (Å²) in [6.45, 7) is 2.61. The van der Waals surface area contributed by atoms with E-state index in [1.54, 1.807) is 12.1 Å². The van der Waals surface area contributed by atoms with E-state index in [1.165, 1.54) is 4.90 Å². The number of hydrogen-bond donors (Lipinski definition) is 0. The molecule has 2 aliphatic rings. The molecule has 2 heterocycles. The number of ether oxygens (including phenoxy) is 2. The third-order valence-electron chi connectivity index (χ3n) is 4.48. The Morgan fingerprint density at radius 1 is 1.08 bits per heavy atom. The first kappa shape index (κ1) is 15.1. The molecule has 1 saturated heterocycles. The van der Waals surface area contributed by atoms with Crippen LogP contribution in [0.15, 0.2) is 48.5 Å². The molecule has 0 bridgehead atoms. The summed E-state index contributed by atoms with van der Waals surface area (Å²) in [5, 5.41) is 0. The second-order valence-corrected chi connectivity index (χ2v) is 5.97. The lowest BCUT2D eigenvalue weighted by atomic mass is 10.0. The molecule has 0 N–H and O–H groups in total. The van der Waals surface area contributed by atoms with Crippen LogP contribution in [0.2, 0.25) is 0 Å². The minimum absolute atomic E-state index is 0.0326. The number of benzene rings is 2. The number of hydrogen-bond acceptors (Lipinski definition) is 4. The topological polar surface area (TPSA) is 55.8 Å². The predicted molar refractivity (Wildman–Crippen MR) is 87.9 cm³/mol. The first-order chi connectivity index (χ1) is 11.6. The molecule has 0 unspecified atom stereocenters. The van der Waals surface area contributed by atoms with Gasteiger partial charge in [0.25, 0.3) is 11.7 Å². The first-order valence-corrected chi connectivity index (χ1v) is 7.92. The summed E-state index contributed by atoms with van der Waals surface area (Å²) < 4.78 is 11.4. The Bertz CT molecular complexity index is 809. The Balaban J connectivity index is 1.74. The van der Waals surface area contributed by atoms with Crippen LogP contribution >= 0.6 is 0 Å². The van der Waals surface area contributed by atoms with Gasteiger partial charge in [0, 0.05) is 11.1 Å². The summed E-state index contributed by atoms with van der Waals surface area (Å²) >= 11 is 0. The molecule has 1 spiro atoms. The maximum Gasteiger partial charge on any atom is 0.292 e. The fraction of sp³-hybridized carbons (Fsp3) is 0.263. The van der Waals surface area contributed by atoms with E-state index in [-0.39, 0.29) is 18.2 Å². The molecular weight excluding hydrogens is 306 g/mol. The summed E-state index contributed by atoms with van der Waals surface area (Å²) in [5.41, 5.74) is 2.90. The number of anilines is 1. The zero-order valence-corrected chi connectivity index (χ0v) is 13.3. The highest BCUT2D eigenvalue weighted by Crippen LogP contribution is 2.47. The molecule has 2 aromatic carbocycles. The van der Waals surface area contributed by atoms with Gasteiger partial charge in [0.1, 0.15) is 0 Å². The molecule has 0 atom stereocenters. The van der Waals surface area contributed by atoms with Crippen molar-refractivity contribution >= 4 is 17.4 Å². The van der Waals surface area contributed by atoms with Crippen LogP contribution in [0, 0.1) is 6.92 Å². The molecular formula is C19H17NO4. The molecule has 2 aromatic rings. The van der Waals surface area contributed by atoms with Crippen molar-refractivity contribution in [2.75, 3.05) is 24.7 Å². The van der Waals surface area contributed by atoms with Crippen molar-refractivity contribution in [3.05, 3.63) is 65.2 Å². The van der Waals surface area contributed by atoms with E-state index < -0.39 is 5.79 Å². The van der Waals surface area contributed by atoms with Crippen LogP contribution in [-0.4, -0.2) is 31.4 Å². The normalized spacial score (nSPS) is 18.2. The maximum absolute atomic E-state index is 13.0. The fourth-order valence-electron chi connectivity index (χ4n) is 3.38. The minimum Gasteiger partial charge on any atom is -0.336 e. The van der Waals surface area contributed by atoms with E-state index >= 15 is 0 Å². The van der Waals surface area contributed by atoms with E-state index in [0.717, 1.165) is 5.56 Å². The van der Waals surface area contributed by atoms with Crippen LogP contribution in [0.25, 0.3) is 0 Å². The molecule has 2 aliphatic heterocycles. The third-order valence-corrected chi connectivity index (χ3v) is 4.48. The smallest absolute Gasteiger partial charge is 0.292 e. The van der Waals surface area contributed by atoms with Crippen molar-refractivity contribution in [2.45, 2.75) is 12.7 Å². The minimum atomic E-state index is -1.39. The number of Topliss-reactive ketones (excluding diaryl/α,β-unsaturated/α-hetero) is 1. The molecule has 4 rings (SSSR count). The number of ketones is 1. The average molecular weight is 323 g/mol. The molecule has 122 valence electrons. The maximum atomic E-state index is 13.0. The molecule has 0 aliphatic carbocycles. The highest BCUT2D eigenvalue weighted by atomic mass is 16.7. The highest BCUT2D eigenvalue weighted by Gasteiger charge is 2.56. The number of rotatable bonds is 3. The summed E-state index contributed by atoms with van der Waals surface area (Å²) in [5.74, 6) is -1.83. The average Bonchev–Trinajstić information content (AvgIpc) is 3.18. The third kappa shape index (κ3) is 2.09. The Labute approximate surface area is 139 Å². The molecule has 24 heavy (non-hydrogen) atoms. The second kappa shape index (κ2) is 5.54. The van der Waals surface area contributed by atoms with Crippen LogP contribution in [0.4, 0.5) is 5.69 Å². The molecule has 1 amide bonds. The lowest BCUT2D eigenvalue weighted by Crippen LogP contribution is -2.43. The van der Waals surface area contributed by atoms with Crippen LogP contribution in [0.1, 0.15) is 21.5 Å². The fourth-order valence-corrected chi connectivity index (χ4v) is 3.38. The zero-order valence-electron chi connectivity index (χ0n) is 13.3. The van der Waals surface area contributed by atoms with E-state index in [1.807, 2.05) is 43.3 Å². The van der Waals surface area contributed by atoms with Gasteiger partial charge in [0.15, 0.2) is 5.78 Å². The monoisotopic (exact) mass is 323 g/mol.